The minimum absolute atomic E-state index is 0.00985. The molecule has 0 aromatic heterocycles. The second-order valence-corrected chi connectivity index (χ2v) is 6.27. The predicted molar refractivity (Wildman–Crippen MR) is 105 cm³/mol. The lowest BCUT2D eigenvalue weighted by molar-refractivity contribution is -0.137. The number of rotatable bonds is 7. The van der Waals surface area contributed by atoms with Crippen molar-refractivity contribution in [3.05, 3.63) is 65.4 Å². The number of carbonyl (C=O) groups excluding carboxylic acids is 3. The highest BCUT2D eigenvalue weighted by molar-refractivity contribution is 6.17. The highest BCUT2D eigenvalue weighted by atomic mass is 16.4. The van der Waals surface area contributed by atoms with Crippen molar-refractivity contribution in [2.24, 2.45) is 0 Å². The minimum atomic E-state index is -1.34. The summed E-state index contributed by atoms with van der Waals surface area (Å²) in [6.45, 7) is -0.470. The van der Waals surface area contributed by atoms with Crippen LogP contribution in [0.15, 0.2) is 54.2 Å². The number of benzene rings is 2. The summed E-state index contributed by atoms with van der Waals surface area (Å²) in [4.78, 5) is 48.5. The van der Waals surface area contributed by atoms with Gasteiger partial charge in [-0.05, 0) is 36.4 Å². The molecule has 0 radical (unpaired) electrons. The van der Waals surface area contributed by atoms with E-state index in [0.717, 1.165) is 23.1 Å². The van der Waals surface area contributed by atoms with E-state index in [0.29, 0.717) is 5.69 Å². The van der Waals surface area contributed by atoms with Gasteiger partial charge in [-0.25, -0.2) is 4.79 Å². The molecule has 2 aromatic rings. The number of imide groups is 1. The lowest BCUT2D eigenvalue weighted by Crippen LogP contribution is -2.34. The minimum Gasteiger partial charge on any atom is -0.507 e. The van der Waals surface area contributed by atoms with Crippen LogP contribution >= 0.6 is 0 Å². The molecule has 0 atom stereocenters. The zero-order chi connectivity index (χ0) is 21.8. The van der Waals surface area contributed by atoms with Gasteiger partial charge in [0.15, 0.2) is 0 Å². The van der Waals surface area contributed by atoms with Crippen LogP contribution in [0.3, 0.4) is 0 Å². The number of hydrogen-bond acceptors (Lipinski definition) is 7. The van der Waals surface area contributed by atoms with Crippen LogP contribution in [0.1, 0.15) is 20.7 Å². The van der Waals surface area contributed by atoms with Crippen LogP contribution < -0.4 is 10.6 Å². The Kier molecular flexibility index (Phi) is 5.79. The van der Waals surface area contributed by atoms with Crippen LogP contribution in [0, 0.1) is 0 Å². The standard InChI is InChI=1S/C20H17N3O7/c24-7-6-23-17(26)10-15(19(23)28)21-12-3-1-2-11(8-12)18(27)22-13-4-5-16(25)14(9-13)20(29)30/h1-5,8-10,21,24-25H,6-7H2,(H,22,27)(H,29,30). The van der Waals surface area contributed by atoms with E-state index in [1.807, 2.05) is 0 Å². The van der Waals surface area contributed by atoms with Gasteiger partial charge in [0.1, 0.15) is 17.0 Å². The predicted octanol–water partition coefficient (Wildman–Crippen LogP) is 1.000. The molecule has 5 N–H and O–H groups in total. The molecule has 0 saturated carbocycles. The average Bonchev–Trinajstić information content (AvgIpc) is 2.97. The summed E-state index contributed by atoms with van der Waals surface area (Å²) in [5, 5.41) is 32.8. The molecule has 10 heteroatoms. The van der Waals surface area contributed by atoms with Gasteiger partial charge in [0, 0.05) is 23.0 Å². The van der Waals surface area contributed by atoms with Gasteiger partial charge < -0.3 is 26.0 Å². The molecule has 154 valence electrons. The molecular formula is C20H17N3O7. The number of carboxylic acid groups (broad SMARTS) is 1. The molecule has 0 unspecified atom stereocenters. The Labute approximate surface area is 170 Å². The van der Waals surface area contributed by atoms with Crippen molar-refractivity contribution in [1.29, 1.82) is 0 Å². The highest BCUT2D eigenvalue weighted by Gasteiger charge is 2.30. The van der Waals surface area contributed by atoms with E-state index in [1.54, 1.807) is 12.1 Å². The number of nitrogens with one attached hydrogen (secondary N) is 2. The van der Waals surface area contributed by atoms with E-state index in [9.17, 15) is 24.3 Å². The Morgan fingerprint density at radius 1 is 1.03 bits per heavy atom. The van der Waals surface area contributed by atoms with Gasteiger partial charge in [0.25, 0.3) is 17.7 Å². The van der Waals surface area contributed by atoms with Crippen molar-refractivity contribution < 1.29 is 34.5 Å². The summed E-state index contributed by atoms with van der Waals surface area (Å²) >= 11 is 0. The average molecular weight is 411 g/mol. The molecule has 1 heterocycles. The van der Waals surface area contributed by atoms with E-state index >= 15 is 0 Å². The van der Waals surface area contributed by atoms with Gasteiger partial charge in [0.05, 0.1) is 13.2 Å². The number of anilines is 2. The third-order valence-electron chi connectivity index (χ3n) is 4.22. The molecule has 30 heavy (non-hydrogen) atoms. The van der Waals surface area contributed by atoms with Crippen LogP contribution in [0.25, 0.3) is 0 Å². The molecule has 0 bridgehead atoms. The maximum absolute atomic E-state index is 12.5. The first-order chi connectivity index (χ1) is 14.3. The Balaban J connectivity index is 1.74. The first-order valence-corrected chi connectivity index (χ1v) is 8.73. The molecule has 10 nitrogen and oxygen atoms in total. The number of aromatic hydroxyl groups is 1. The maximum atomic E-state index is 12.5. The lowest BCUT2D eigenvalue weighted by Gasteiger charge is -2.13. The Morgan fingerprint density at radius 2 is 1.80 bits per heavy atom. The van der Waals surface area contributed by atoms with Crippen molar-refractivity contribution in [1.82, 2.24) is 4.90 Å². The van der Waals surface area contributed by atoms with Crippen LogP contribution in [0.5, 0.6) is 5.75 Å². The molecule has 0 spiro atoms. The Hall–Kier alpha value is -4.18. The molecule has 2 aromatic carbocycles. The van der Waals surface area contributed by atoms with Crippen molar-refractivity contribution in [3.63, 3.8) is 0 Å². The SMILES string of the molecule is O=C(Nc1ccc(O)c(C(=O)O)c1)c1cccc(NC2=CC(=O)N(CCO)C2=O)c1. The fourth-order valence-corrected chi connectivity index (χ4v) is 2.79. The molecule has 0 fully saturated rings. The van der Waals surface area contributed by atoms with Gasteiger partial charge in [-0.1, -0.05) is 6.07 Å². The fourth-order valence-electron chi connectivity index (χ4n) is 2.79. The monoisotopic (exact) mass is 411 g/mol. The number of aliphatic hydroxyl groups excluding tert-OH is 1. The number of amides is 3. The van der Waals surface area contributed by atoms with E-state index in [-0.39, 0.29) is 35.7 Å². The third kappa shape index (κ3) is 4.28. The zero-order valence-electron chi connectivity index (χ0n) is 15.5. The molecule has 3 amide bonds. The van der Waals surface area contributed by atoms with Gasteiger partial charge in [-0.15, -0.1) is 0 Å². The number of carbonyl (C=O) groups is 4. The van der Waals surface area contributed by atoms with Gasteiger partial charge >= 0.3 is 5.97 Å². The summed E-state index contributed by atoms with van der Waals surface area (Å²) in [5.41, 5.74) is 0.405. The van der Waals surface area contributed by atoms with Crippen molar-refractivity contribution in [2.45, 2.75) is 0 Å². The second kappa shape index (κ2) is 8.45. The summed E-state index contributed by atoms with van der Waals surface area (Å²) < 4.78 is 0. The topological polar surface area (TPSA) is 156 Å². The molecule has 1 aliphatic heterocycles. The number of aromatic carboxylic acids is 1. The van der Waals surface area contributed by atoms with E-state index in [1.165, 1.54) is 18.2 Å². The summed E-state index contributed by atoms with van der Waals surface area (Å²) in [7, 11) is 0. The summed E-state index contributed by atoms with van der Waals surface area (Å²) in [6, 6.07) is 9.74. The fraction of sp³-hybridized carbons (Fsp3) is 0.100. The largest absolute Gasteiger partial charge is 0.507 e. The van der Waals surface area contributed by atoms with Crippen LogP contribution in [0.2, 0.25) is 0 Å². The molecule has 1 aliphatic rings. The number of phenols is 1. The number of nitrogens with zero attached hydrogens (tertiary/aromatic N) is 1. The molecule has 0 saturated heterocycles. The zero-order valence-corrected chi connectivity index (χ0v) is 15.5. The van der Waals surface area contributed by atoms with Gasteiger partial charge in [-0.2, -0.15) is 0 Å². The first kappa shape index (κ1) is 20.6. The normalized spacial score (nSPS) is 13.2. The maximum Gasteiger partial charge on any atom is 0.339 e. The van der Waals surface area contributed by atoms with Crippen molar-refractivity contribution in [2.75, 3.05) is 23.8 Å². The van der Waals surface area contributed by atoms with Gasteiger partial charge in [-0.3, -0.25) is 19.3 Å². The Morgan fingerprint density at radius 3 is 2.50 bits per heavy atom. The number of aliphatic hydroxyl groups is 1. The van der Waals surface area contributed by atoms with E-state index in [2.05, 4.69) is 10.6 Å². The van der Waals surface area contributed by atoms with E-state index < -0.39 is 29.4 Å². The third-order valence-corrected chi connectivity index (χ3v) is 4.22. The van der Waals surface area contributed by atoms with Crippen molar-refractivity contribution in [3.8, 4) is 5.75 Å². The second-order valence-electron chi connectivity index (χ2n) is 6.27. The lowest BCUT2D eigenvalue weighted by atomic mass is 10.1. The number of β-amino-alcohol motifs (C(OH)–C–C–N with tert-alkyl or cyclic N) is 1. The molecular weight excluding hydrogens is 394 g/mol. The highest BCUT2D eigenvalue weighted by Crippen LogP contribution is 2.23. The smallest absolute Gasteiger partial charge is 0.339 e. The molecule has 3 rings (SSSR count). The molecule has 0 aliphatic carbocycles. The summed E-state index contributed by atoms with van der Waals surface area (Å²) in [6.07, 6.45) is 1.11. The number of carboxylic acids is 1. The van der Waals surface area contributed by atoms with Crippen molar-refractivity contribution >= 4 is 35.1 Å². The first-order valence-electron chi connectivity index (χ1n) is 8.73. The summed E-state index contributed by atoms with van der Waals surface area (Å²) in [5.74, 6) is -3.45. The quantitative estimate of drug-likeness (QED) is 0.334. The van der Waals surface area contributed by atoms with Crippen LogP contribution in [0.4, 0.5) is 11.4 Å². The van der Waals surface area contributed by atoms with Crippen LogP contribution in [-0.2, 0) is 9.59 Å². The van der Waals surface area contributed by atoms with Crippen LogP contribution in [-0.4, -0.2) is 57.1 Å². The van der Waals surface area contributed by atoms with E-state index in [4.69, 9.17) is 10.2 Å². The van der Waals surface area contributed by atoms with Gasteiger partial charge in [0.2, 0.25) is 0 Å². The number of hydrogen-bond donors (Lipinski definition) is 5. The Bertz CT molecular complexity index is 1080.